The summed E-state index contributed by atoms with van der Waals surface area (Å²) >= 11 is 0. The molecule has 1 aromatic rings. The van der Waals surface area contributed by atoms with Gasteiger partial charge >= 0.3 is 0 Å². The maximum atomic E-state index is 12.3. The fourth-order valence-corrected chi connectivity index (χ4v) is 4.54. The first-order valence-corrected chi connectivity index (χ1v) is 9.81. The number of carbonyl (C=O) groups is 1. The molecule has 1 amide bonds. The highest BCUT2D eigenvalue weighted by Gasteiger charge is 2.46. The molecule has 3 fully saturated rings. The van der Waals surface area contributed by atoms with Crippen LogP contribution < -0.4 is 10.2 Å². The predicted molar refractivity (Wildman–Crippen MR) is 102 cm³/mol. The topological polar surface area (TPSA) is 84.7 Å². The quantitative estimate of drug-likeness (QED) is 0.646. The fraction of sp³-hybridized carbons (Fsp3) is 0.650. The van der Waals surface area contributed by atoms with Crippen molar-refractivity contribution in [2.75, 3.05) is 18.0 Å². The molecule has 7 heteroatoms. The van der Waals surface area contributed by atoms with Gasteiger partial charge in [-0.05, 0) is 51.7 Å². The number of carbonyl (C=O) groups excluding carboxylic acids is 1. The highest BCUT2D eigenvalue weighted by Crippen LogP contribution is 2.43. The second kappa shape index (κ2) is 6.48. The largest absolute Gasteiger partial charge is 0.365 e. The van der Waals surface area contributed by atoms with Gasteiger partial charge in [0.1, 0.15) is 5.69 Å². The molecule has 0 radical (unpaired) electrons. The van der Waals surface area contributed by atoms with Crippen molar-refractivity contribution in [1.29, 1.82) is 0 Å². The van der Waals surface area contributed by atoms with E-state index in [1.54, 1.807) is 12.1 Å². The minimum absolute atomic E-state index is 0.00991. The van der Waals surface area contributed by atoms with Crippen molar-refractivity contribution < 1.29 is 14.5 Å². The number of nitrogens with zero attached hydrogens (tertiary/aromatic N) is 2. The Kier molecular flexibility index (Phi) is 4.37. The molecule has 1 aromatic carbocycles. The minimum Gasteiger partial charge on any atom is -0.365 e. The molecule has 146 valence electrons. The summed E-state index contributed by atoms with van der Waals surface area (Å²) in [6.07, 6.45) is 6.21. The summed E-state index contributed by atoms with van der Waals surface area (Å²) in [6, 6.07) is 5.06. The van der Waals surface area contributed by atoms with E-state index in [0.29, 0.717) is 24.3 Å². The van der Waals surface area contributed by atoms with Crippen LogP contribution >= 0.6 is 0 Å². The SMILES string of the molecule is CC1(C)CN(c2ccc(C(=O)NC3CC3)cc2[N+](=O)[O-])CC2(CCCC2)O1. The van der Waals surface area contributed by atoms with Crippen LogP contribution in [0.25, 0.3) is 0 Å². The summed E-state index contributed by atoms with van der Waals surface area (Å²) in [5, 5.41) is 14.7. The fourth-order valence-electron chi connectivity index (χ4n) is 4.54. The van der Waals surface area contributed by atoms with Crippen molar-refractivity contribution in [2.24, 2.45) is 0 Å². The van der Waals surface area contributed by atoms with E-state index in [0.717, 1.165) is 38.5 Å². The van der Waals surface area contributed by atoms with Gasteiger partial charge in [-0.3, -0.25) is 14.9 Å². The molecular weight excluding hydrogens is 346 g/mol. The number of benzene rings is 1. The number of rotatable bonds is 4. The molecule has 4 rings (SSSR count). The third-order valence-corrected chi connectivity index (χ3v) is 5.75. The van der Waals surface area contributed by atoms with Crippen molar-refractivity contribution >= 4 is 17.3 Å². The molecule has 0 aromatic heterocycles. The van der Waals surface area contributed by atoms with Crippen molar-refractivity contribution in [3.8, 4) is 0 Å². The molecule has 1 N–H and O–H groups in total. The summed E-state index contributed by atoms with van der Waals surface area (Å²) in [5.41, 5.74) is 0.311. The second-order valence-electron chi connectivity index (χ2n) is 8.82. The maximum absolute atomic E-state index is 12.3. The van der Waals surface area contributed by atoms with Crippen LogP contribution in [0.5, 0.6) is 0 Å². The Labute approximate surface area is 159 Å². The molecule has 1 spiro atoms. The van der Waals surface area contributed by atoms with Gasteiger partial charge in [0.15, 0.2) is 0 Å². The van der Waals surface area contributed by atoms with Crippen LogP contribution in [0.1, 0.15) is 62.7 Å². The zero-order valence-corrected chi connectivity index (χ0v) is 16.0. The molecule has 3 aliphatic rings. The van der Waals surface area contributed by atoms with Crippen LogP contribution in [0.3, 0.4) is 0 Å². The lowest BCUT2D eigenvalue weighted by molar-refractivity contribution is -0.384. The number of nitrogens with one attached hydrogen (secondary N) is 1. The average Bonchev–Trinajstić information content (AvgIpc) is 3.31. The Balaban J connectivity index is 1.65. The first kappa shape index (κ1) is 18.2. The number of ether oxygens (including phenoxy) is 1. The molecule has 0 bridgehead atoms. The summed E-state index contributed by atoms with van der Waals surface area (Å²) in [5.74, 6) is -0.235. The van der Waals surface area contributed by atoms with E-state index in [2.05, 4.69) is 10.2 Å². The number of hydrogen-bond acceptors (Lipinski definition) is 5. The lowest BCUT2D eigenvalue weighted by Gasteiger charge is -2.49. The standard InChI is InChI=1S/C20H27N3O4/c1-19(2)12-22(13-20(27-19)9-3-4-10-20)16-8-5-14(11-17(16)23(25)26)18(24)21-15-6-7-15/h5,8,11,15H,3-4,6-7,9-10,12-13H2,1-2H3,(H,21,24). The van der Waals surface area contributed by atoms with Crippen LogP contribution in [0.4, 0.5) is 11.4 Å². The van der Waals surface area contributed by atoms with Gasteiger partial charge in [0.25, 0.3) is 11.6 Å². The van der Waals surface area contributed by atoms with Gasteiger partial charge in [0.05, 0.1) is 16.1 Å². The number of nitro benzene ring substituents is 1. The summed E-state index contributed by atoms with van der Waals surface area (Å²) in [4.78, 5) is 25.8. The Morgan fingerprint density at radius 1 is 1.26 bits per heavy atom. The molecule has 1 heterocycles. The molecule has 0 unspecified atom stereocenters. The van der Waals surface area contributed by atoms with Gasteiger partial charge in [0, 0.05) is 30.8 Å². The third kappa shape index (κ3) is 3.78. The van der Waals surface area contributed by atoms with Crippen LogP contribution in [-0.2, 0) is 4.74 Å². The summed E-state index contributed by atoms with van der Waals surface area (Å²) in [7, 11) is 0. The monoisotopic (exact) mass is 373 g/mol. The molecule has 7 nitrogen and oxygen atoms in total. The molecule has 2 aliphatic carbocycles. The first-order chi connectivity index (χ1) is 12.8. The van der Waals surface area contributed by atoms with E-state index in [4.69, 9.17) is 4.74 Å². The Hall–Kier alpha value is -2.15. The average molecular weight is 373 g/mol. The third-order valence-electron chi connectivity index (χ3n) is 5.75. The Morgan fingerprint density at radius 3 is 2.59 bits per heavy atom. The predicted octanol–water partition coefficient (Wildman–Crippen LogP) is 3.42. The van der Waals surface area contributed by atoms with Gasteiger partial charge in [-0.2, -0.15) is 0 Å². The maximum Gasteiger partial charge on any atom is 0.293 e. The van der Waals surface area contributed by atoms with Crippen LogP contribution in [0.15, 0.2) is 18.2 Å². The van der Waals surface area contributed by atoms with Crippen LogP contribution in [0.2, 0.25) is 0 Å². The van der Waals surface area contributed by atoms with Gasteiger partial charge in [0.2, 0.25) is 0 Å². The number of anilines is 1. The van der Waals surface area contributed by atoms with Crippen LogP contribution in [0, 0.1) is 10.1 Å². The number of nitro groups is 1. The number of hydrogen-bond donors (Lipinski definition) is 1. The number of amides is 1. The molecule has 27 heavy (non-hydrogen) atoms. The summed E-state index contributed by atoms with van der Waals surface area (Å²) in [6.45, 7) is 5.33. The second-order valence-corrected chi connectivity index (χ2v) is 8.82. The van der Waals surface area contributed by atoms with Gasteiger partial charge in [-0.25, -0.2) is 0 Å². The number of morpholine rings is 1. The molecule has 1 aliphatic heterocycles. The van der Waals surface area contributed by atoms with E-state index in [9.17, 15) is 14.9 Å². The zero-order valence-electron chi connectivity index (χ0n) is 16.0. The summed E-state index contributed by atoms with van der Waals surface area (Å²) < 4.78 is 6.41. The van der Waals surface area contributed by atoms with E-state index < -0.39 is 0 Å². The van der Waals surface area contributed by atoms with Crippen molar-refractivity contribution in [2.45, 2.75) is 69.6 Å². The highest BCUT2D eigenvalue weighted by atomic mass is 16.6. The van der Waals surface area contributed by atoms with E-state index in [-0.39, 0.29) is 33.8 Å². The van der Waals surface area contributed by atoms with E-state index in [1.807, 2.05) is 13.8 Å². The van der Waals surface area contributed by atoms with Gasteiger partial charge in [-0.1, -0.05) is 12.8 Å². The molecule has 2 saturated carbocycles. The van der Waals surface area contributed by atoms with Crippen molar-refractivity contribution in [1.82, 2.24) is 5.32 Å². The molecule has 1 saturated heterocycles. The van der Waals surface area contributed by atoms with Gasteiger partial charge < -0.3 is 15.0 Å². The van der Waals surface area contributed by atoms with E-state index >= 15 is 0 Å². The lowest BCUT2D eigenvalue weighted by Crippen LogP contribution is -2.58. The molecular formula is C20H27N3O4. The first-order valence-electron chi connectivity index (χ1n) is 9.81. The van der Waals surface area contributed by atoms with Crippen LogP contribution in [-0.4, -0.2) is 41.2 Å². The van der Waals surface area contributed by atoms with Gasteiger partial charge in [-0.15, -0.1) is 0 Å². The minimum atomic E-state index is -0.382. The molecule has 0 atom stereocenters. The highest BCUT2D eigenvalue weighted by molar-refractivity contribution is 5.96. The van der Waals surface area contributed by atoms with Crippen molar-refractivity contribution in [3.05, 3.63) is 33.9 Å². The zero-order chi connectivity index (χ0) is 19.2. The normalized spacial score (nSPS) is 23.4. The van der Waals surface area contributed by atoms with E-state index in [1.165, 1.54) is 6.07 Å². The Morgan fingerprint density at radius 2 is 1.96 bits per heavy atom. The van der Waals surface area contributed by atoms with Crippen molar-refractivity contribution in [3.63, 3.8) is 0 Å². The Bertz CT molecular complexity index is 766. The smallest absolute Gasteiger partial charge is 0.293 e. The lowest BCUT2D eigenvalue weighted by atomic mass is 9.93.